The van der Waals surface area contributed by atoms with Gasteiger partial charge in [0.05, 0.1) is 22.6 Å². The quantitative estimate of drug-likeness (QED) is 0.118. The van der Waals surface area contributed by atoms with E-state index < -0.39 is 4.92 Å². The number of halogens is 2. The highest BCUT2D eigenvalue weighted by molar-refractivity contribution is 9.10. The Bertz CT molecular complexity index is 1350. The minimum Gasteiger partial charge on any atom is -0.493 e. The van der Waals surface area contributed by atoms with Gasteiger partial charge in [-0.3, -0.25) is 19.8 Å². The molecule has 0 unspecified atom stereocenters. The van der Waals surface area contributed by atoms with Gasteiger partial charge in [0.1, 0.15) is 6.61 Å². The molecule has 0 saturated carbocycles. The van der Waals surface area contributed by atoms with Crippen molar-refractivity contribution in [1.82, 2.24) is 0 Å². The summed E-state index contributed by atoms with van der Waals surface area (Å²) in [5, 5.41) is 10.8. The molecule has 1 saturated heterocycles. The number of nitrogens with zero attached hydrogens (tertiary/aromatic N) is 2. The Balaban J connectivity index is 1.54. The summed E-state index contributed by atoms with van der Waals surface area (Å²) >= 11 is 13.6. The number of benzene rings is 3. The molecule has 1 heterocycles. The predicted octanol–water partition coefficient (Wildman–Crippen LogP) is 7.11. The number of thiocarbonyl (C=S) groups is 1. The number of carbonyl (C=O) groups excluding carboxylic acids is 1. The molecule has 4 rings (SSSR count). The van der Waals surface area contributed by atoms with Crippen molar-refractivity contribution in [2.75, 3.05) is 12.0 Å². The zero-order valence-electron chi connectivity index (χ0n) is 18.1. The highest BCUT2D eigenvalue weighted by Gasteiger charge is 2.33. The minimum atomic E-state index is -0.448. The molecular formula is C24H16Br2N2O5S2. The third-order valence-electron chi connectivity index (χ3n) is 4.99. The smallest absolute Gasteiger partial charge is 0.270 e. The standard InChI is InChI=1S/C24H16Br2N2O5S2/c1-32-20-10-15(11-22-23(29)27(24(34)35-22)17-8-4-16(25)5-9-17)19(26)12-21(20)33-13-14-2-6-18(7-3-14)28(30)31/h2-12H,13H2,1H3/b22-11+. The maximum atomic E-state index is 13.1. The van der Waals surface area contributed by atoms with Crippen LogP contribution < -0.4 is 14.4 Å². The molecule has 1 aliphatic heterocycles. The molecule has 0 aromatic heterocycles. The van der Waals surface area contributed by atoms with E-state index >= 15 is 0 Å². The van der Waals surface area contributed by atoms with Gasteiger partial charge in [-0.15, -0.1) is 0 Å². The number of anilines is 1. The average Bonchev–Trinajstić information content (AvgIpc) is 3.12. The summed E-state index contributed by atoms with van der Waals surface area (Å²) in [5.74, 6) is 0.758. The van der Waals surface area contributed by atoms with Crippen molar-refractivity contribution >= 4 is 83.5 Å². The van der Waals surface area contributed by atoms with Crippen molar-refractivity contribution < 1.29 is 19.2 Å². The van der Waals surface area contributed by atoms with Crippen LogP contribution in [0.5, 0.6) is 11.5 Å². The summed E-state index contributed by atoms with van der Waals surface area (Å²) in [4.78, 5) is 25.5. The highest BCUT2D eigenvalue weighted by Crippen LogP contribution is 2.40. The summed E-state index contributed by atoms with van der Waals surface area (Å²) in [6, 6.07) is 17.0. The van der Waals surface area contributed by atoms with Crippen LogP contribution in [0.4, 0.5) is 11.4 Å². The van der Waals surface area contributed by atoms with Gasteiger partial charge in [0, 0.05) is 21.1 Å². The van der Waals surface area contributed by atoms with E-state index in [1.54, 1.807) is 30.3 Å². The zero-order valence-corrected chi connectivity index (χ0v) is 22.9. The summed E-state index contributed by atoms with van der Waals surface area (Å²) in [6.45, 7) is 0.200. The van der Waals surface area contributed by atoms with Crippen LogP contribution in [0.3, 0.4) is 0 Å². The Hall–Kier alpha value is -2.73. The van der Waals surface area contributed by atoms with Gasteiger partial charge >= 0.3 is 0 Å². The monoisotopic (exact) mass is 634 g/mol. The van der Waals surface area contributed by atoms with E-state index in [2.05, 4.69) is 31.9 Å². The van der Waals surface area contributed by atoms with E-state index in [0.717, 1.165) is 15.6 Å². The van der Waals surface area contributed by atoms with Crippen LogP contribution in [0.2, 0.25) is 0 Å². The van der Waals surface area contributed by atoms with E-state index in [0.29, 0.717) is 30.9 Å². The minimum absolute atomic E-state index is 0.0176. The lowest BCUT2D eigenvalue weighted by atomic mass is 10.1. The third kappa shape index (κ3) is 5.75. The van der Waals surface area contributed by atoms with Crippen LogP contribution in [-0.4, -0.2) is 22.3 Å². The first-order valence-electron chi connectivity index (χ1n) is 10.0. The van der Waals surface area contributed by atoms with E-state index in [4.69, 9.17) is 21.7 Å². The molecule has 35 heavy (non-hydrogen) atoms. The number of nitro groups is 1. The number of non-ortho nitro benzene ring substituents is 1. The topological polar surface area (TPSA) is 81.9 Å². The lowest BCUT2D eigenvalue weighted by Gasteiger charge is -2.14. The second-order valence-corrected chi connectivity index (χ2v) is 10.7. The molecule has 0 aliphatic carbocycles. The number of hydrogen-bond donors (Lipinski definition) is 0. The fourth-order valence-electron chi connectivity index (χ4n) is 3.23. The van der Waals surface area contributed by atoms with E-state index in [9.17, 15) is 14.9 Å². The second kappa shape index (κ2) is 10.9. The van der Waals surface area contributed by atoms with Gasteiger partial charge in [-0.2, -0.15) is 0 Å². The van der Waals surface area contributed by atoms with E-state index in [1.807, 2.05) is 24.3 Å². The number of thioether (sulfide) groups is 1. The number of hydrogen-bond acceptors (Lipinski definition) is 7. The molecule has 0 N–H and O–H groups in total. The summed E-state index contributed by atoms with van der Waals surface area (Å²) < 4.78 is 13.5. The predicted molar refractivity (Wildman–Crippen MR) is 148 cm³/mol. The number of ether oxygens (including phenoxy) is 2. The molecule has 0 atom stereocenters. The van der Waals surface area contributed by atoms with Crippen molar-refractivity contribution in [1.29, 1.82) is 0 Å². The summed E-state index contributed by atoms with van der Waals surface area (Å²) in [5.41, 5.74) is 2.21. The van der Waals surface area contributed by atoms with Gasteiger partial charge in [0.25, 0.3) is 11.6 Å². The van der Waals surface area contributed by atoms with Gasteiger partial charge < -0.3 is 9.47 Å². The van der Waals surface area contributed by atoms with Gasteiger partial charge in [0.15, 0.2) is 15.8 Å². The van der Waals surface area contributed by atoms with Gasteiger partial charge in [-0.25, -0.2) is 0 Å². The Morgan fingerprint density at radius 2 is 1.77 bits per heavy atom. The van der Waals surface area contributed by atoms with Crippen molar-refractivity contribution in [2.24, 2.45) is 0 Å². The molecule has 1 amide bonds. The first kappa shape index (κ1) is 25.4. The van der Waals surface area contributed by atoms with Crippen LogP contribution in [0.15, 0.2) is 74.5 Å². The number of rotatable bonds is 7. The van der Waals surface area contributed by atoms with Crippen molar-refractivity contribution in [3.05, 3.63) is 95.8 Å². The van der Waals surface area contributed by atoms with Crippen molar-refractivity contribution in [3.8, 4) is 11.5 Å². The lowest BCUT2D eigenvalue weighted by molar-refractivity contribution is -0.384. The third-order valence-corrected chi connectivity index (χ3v) is 7.51. The molecule has 7 nitrogen and oxygen atoms in total. The first-order chi connectivity index (χ1) is 16.8. The largest absolute Gasteiger partial charge is 0.493 e. The van der Waals surface area contributed by atoms with Crippen LogP contribution >= 0.6 is 55.8 Å². The summed E-state index contributed by atoms with van der Waals surface area (Å²) in [7, 11) is 1.53. The van der Waals surface area contributed by atoms with Crippen LogP contribution in [0.25, 0.3) is 6.08 Å². The lowest BCUT2D eigenvalue weighted by Crippen LogP contribution is -2.27. The normalized spacial score (nSPS) is 14.5. The Morgan fingerprint density at radius 1 is 1.09 bits per heavy atom. The van der Waals surface area contributed by atoms with Gasteiger partial charge in [0.2, 0.25) is 0 Å². The van der Waals surface area contributed by atoms with Crippen LogP contribution in [-0.2, 0) is 11.4 Å². The van der Waals surface area contributed by atoms with Crippen molar-refractivity contribution in [2.45, 2.75) is 6.61 Å². The first-order valence-corrected chi connectivity index (χ1v) is 12.8. The highest BCUT2D eigenvalue weighted by atomic mass is 79.9. The maximum Gasteiger partial charge on any atom is 0.270 e. The molecule has 1 aliphatic rings. The van der Waals surface area contributed by atoms with E-state index in [1.165, 1.54) is 35.9 Å². The molecule has 0 bridgehead atoms. The molecule has 11 heteroatoms. The molecule has 3 aromatic rings. The number of amides is 1. The fourth-order valence-corrected chi connectivity index (χ4v) is 5.22. The van der Waals surface area contributed by atoms with Crippen LogP contribution in [0.1, 0.15) is 11.1 Å². The number of carbonyl (C=O) groups is 1. The number of methoxy groups -OCH3 is 1. The second-order valence-electron chi connectivity index (χ2n) is 7.23. The Morgan fingerprint density at radius 3 is 2.40 bits per heavy atom. The Kier molecular flexibility index (Phi) is 7.90. The maximum absolute atomic E-state index is 13.1. The van der Waals surface area contributed by atoms with E-state index in [-0.39, 0.29) is 18.2 Å². The molecule has 1 fully saturated rings. The Labute approximate surface area is 227 Å². The zero-order chi connectivity index (χ0) is 25.1. The number of nitro benzene ring substituents is 1. The van der Waals surface area contributed by atoms with Crippen molar-refractivity contribution in [3.63, 3.8) is 0 Å². The van der Waals surface area contributed by atoms with Gasteiger partial charge in [-0.1, -0.05) is 55.8 Å². The molecule has 0 radical (unpaired) electrons. The molecular weight excluding hydrogens is 620 g/mol. The fraction of sp³-hybridized carbons (Fsp3) is 0.0833. The average molecular weight is 636 g/mol. The van der Waals surface area contributed by atoms with Gasteiger partial charge in [-0.05, 0) is 65.7 Å². The molecule has 0 spiro atoms. The molecule has 178 valence electrons. The summed E-state index contributed by atoms with van der Waals surface area (Å²) in [6.07, 6.45) is 1.75. The van der Waals surface area contributed by atoms with Crippen LogP contribution in [0, 0.1) is 10.1 Å². The molecule has 3 aromatic carbocycles. The SMILES string of the molecule is COc1cc(/C=C2/SC(=S)N(c3ccc(Br)cc3)C2=O)c(Br)cc1OCc1ccc([N+](=O)[O-])cc1.